The largest absolute Gasteiger partial charge is 0.378 e. The molecule has 0 aromatic heterocycles. The Balaban J connectivity index is 0.000000605. The molecule has 0 amide bonds. The van der Waals surface area contributed by atoms with E-state index in [9.17, 15) is 0 Å². The molecule has 0 spiro atoms. The topological polar surface area (TPSA) is 24.5 Å². The molecule has 4 heteroatoms. The fourth-order valence-corrected chi connectivity index (χ4v) is 1.66. The average Bonchev–Trinajstić information content (AvgIpc) is 2.05. The first kappa shape index (κ1) is 9.26. The summed E-state index contributed by atoms with van der Waals surface area (Å²) in [5.41, 5.74) is 0. The third-order valence-corrected chi connectivity index (χ3v) is 2.31. The normalized spacial score (nSPS) is 32.2. The molecule has 66 valence electrons. The zero-order chi connectivity index (χ0) is 6.81. The Morgan fingerprint density at radius 2 is 2.27 bits per heavy atom. The molecule has 0 aromatic carbocycles. The lowest BCUT2D eigenvalue weighted by molar-refractivity contribution is -0.0168. The predicted octanol–water partition coefficient (Wildman–Crippen LogP) is -0.288. The minimum absolute atomic E-state index is 0. The van der Waals surface area contributed by atoms with Gasteiger partial charge >= 0.3 is 0 Å². The van der Waals surface area contributed by atoms with Crippen molar-refractivity contribution in [1.82, 2.24) is 10.2 Å². The molecule has 0 radical (unpaired) electrons. The summed E-state index contributed by atoms with van der Waals surface area (Å²) in [7, 11) is 0. The number of ether oxygens (including phenoxy) is 1. The van der Waals surface area contributed by atoms with E-state index in [-0.39, 0.29) is 12.4 Å². The first-order valence-electron chi connectivity index (χ1n) is 3.99. The van der Waals surface area contributed by atoms with E-state index in [4.69, 9.17) is 4.74 Å². The SMILES string of the molecule is C1CN2CCOCC2CN1.Cl. The number of hydrogen-bond donors (Lipinski definition) is 1. The molecule has 2 aliphatic rings. The van der Waals surface area contributed by atoms with Crippen LogP contribution >= 0.6 is 12.4 Å². The summed E-state index contributed by atoms with van der Waals surface area (Å²) in [6.07, 6.45) is 0. The summed E-state index contributed by atoms with van der Waals surface area (Å²) in [6.45, 7) is 6.44. The highest BCUT2D eigenvalue weighted by molar-refractivity contribution is 5.85. The standard InChI is InChI=1S/C7H14N2O.ClH/c1-2-9-3-4-10-6-7(9)5-8-1;/h7-8H,1-6H2;1H. The number of morpholine rings is 1. The van der Waals surface area contributed by atoms with Crippen LogP contribution in [-0.2, 0) is 4.74 Å². The maximum atomic E-state index is 5.36. The first-order valence-corrected chi connectivity index (χ1v) is 3.99. The minimum atomic E-state index is 0. The Hall–Kier alpha value is 0.170. The fourth-order valence-electron chi connectivity index (χ4n) is 1.66. The Kier molecular flexibility index (Phi) is 3.59. The molecule has 1 atom stereocenters. The summed E-state index contributed by atoms with van der Waals surface area (Å²) in [6, 6.07) is 0.655. The van der Waals surface area contributed by atoms with Crippen molar-refractivity contribution in [3.63, 3.8) is 0 Å². The van der Waals surface area contributed by atoms with Gasteiger partial charge in [0.05, 0.1) is 13.2 Å². The summed E-state index contributed by atoms with van der Waals surface area (Å²) in [4.78, 5) is 2.51. The van der Waals surface area contributed by atoms with E-state index < -0.39 is 0 Å². The van der Waals surface area contributed by atoms with E-state index in [1.165, 1.54) is 6.54 Å². The molecule has 2 fully saturated rings. The number of nitrogens with one attached hydrogen (secondary N) is 1. The number of halogens is 1. The maximum Gasteiger partial charge on any atom is 0.0634 e. The first-order chi connectivity index (χ1) is 4.97. The summed E-state index contributed by atoms with van der Waals surface area (Å²) < 4.78 is 5.36. The van der Waals surface area contributed by atoms with Gasteiger partial charge < -0.3 is 10.1 Å². The van der Waals surface area contributed by atoms with Gasteiger partial charge in [-0.2, -0.15) is 0 Å². The van der Waals surface area contributed by atoms with E-state index in [2.05, 4.69) is 10.2 Å². The van der Waals surface area contributed by atoms with Gasteiger partial charge in [0.1, 0.15) is 0 Å². The Labute approximate surface area is 73.5 Å². The monoisotopic (exact) mass is 178 g/mol. The van der Waals surface area contributed by atoms with Crippen LogP contribution in [0.25, 0.3) is 0 Å². The van der Waals surface area contributed by atoms with E-state index in [1.54, 1.807) is 0 Å². The van der Waals surface area contributed by atoms with Crippen LogP contribution in [0.1, 0.15) is 0 Å². The lowest BCUT2D eigenvalue weighted by Gasteiger charge is -2.39. The van der Waals surface area contributed by atoms with Crippen molar-refractivity contribution in [2.45, 2.75) is 6.04 Å². The van der Waals surface area contributed by atoms with E-state index in [1.807, 2.05) is 0 Å². The fraction of sp³-hybridized carbons (Fsp3) is 1.00. The molecule has 11 heavy (non-hydrogen) atoms. The van der Waals surface area contributed by atoms with Gasteiger partial charge in [0.2, 0.25) is 0 Å². The second-order valence-electron chi connectivity index (χ2n) is 2.97. The van der Waals surface area contributed by atoms with E-state index in [0.717, 1.165) is 32.8 Å². The molecule has 0 aromatic rings. The molecule has 2 heterocycles. The third-order valence-electron chi connectivity index (χ3n) is 2.31. The van der Waals surface area contributed by atoms with Crippen LogP contribution in [0.2, 0.25) is 0 Å². The van der Waals surface area contributed by atoms with Crippen LogP contribution < -0.4 is 5.32 Å². The predicted molar refractivity (Wildman–Crippen MR) is 46.3 cm³/mol. The highest BCUT2D eigenvalue weighted by Crippen LogP contribution is 2.07. The number of nitrogens with zero attached hydrogens (tertiary/aromatic N) is 1. The Morgan fingerprint density at radius 1 is 1.36 bits per heavy atom. The van der Waals surface area contributed by atoms with Gasteiger partial charge in [0.25, 0.3) is 0 Å². The quantitative estimate of drug-likeness (QED) is 0.552. The van der Waals surface area contributed by atoms with Crippen molar-refractivity contribution < 1.29 is 4.74 Å². The van der Waals surface area contributed by atoms with Gasteiger partial charge in [-0.3, -0.25) is 4.90 Å². The zero-order valence-corrected chi connectivity index (χ0v) is 7.40. The van der Waals surface area contributed by atoms with E-state index >= 15 is 0 Å². The Morgan fingerprint density at radius 3 is 3.09 bits per heavy atom. The molecule has 3 nitrogen and oxygen atoms in total. The van der Waals surface area contributed by atoms with Crippen molar-refractivity contribution in [2.24, 2.45) is 0 Å². The molecule has 0 aliphatic carbocycles. The molecular formula is C7H15ClN2O. The molecule has 2 saturated heterocycles. The van der Waals surface area contributed by atoms with Gasteiger partial charge in [0.15, 0.2) is 0 Å². The van der Waals surface area contributed by atoms with Crippen molar-refractivity contribution in [3.05, 3.63) is 0 Å². The van der Waals surface area contributed by atoms with Crippen molar-refractivity contribution >= 4 is 12.4 Å². The third kappa shape index (κ3) is 2.06. The lowest BCUT2D eigenvalue weighted by atomic mass is 10.2. The van der Waals surface area contributed by atoms with Gasteiger partial charge in [-0.05, 0) is 0 Å². The molecule has 0 bridgehead atoms. The Bertz CT molecular complexity index is 97.0. The lowest BCUT2D eigenvalue weighted by Crippen LogP contribution is -2.56. The highest BCUT2D eigenvalue weighted by Gasteiger charge is 2.24. The number of hydrogen-bond acceptors (Lipinski definition) is 3. The average molecular weight is 179 g/mol. The molecule has 2 aliphatic heterocycles. The van der Waals surface area contributed by atoms with Crippen molar-refractivity contribution in [1.29, 1.82) is 0 Å². The van der Waals surface area contributed by atoms with Crippen LogP contribution in [-0.4, -0.2) is 50.3 Å². The second kappa shape index (κ2) is 4.26. The smallest absolute Gasteiger partial charge is 0.0634 e. The van der Waals surface area contributed by atoms with Gasteiger partial charge in [-0.15, -0.1) is 12.4 Å². The van der Waals surface area contributed by atoms with Gasteiger partial charge in [-0.25, -0.2) is 0 Å². The van der Waals surface area contributed by atoms with Gasteiger partial charge in [-0.1, -0.05) is 0 Å². The molecular weight excluding hydrogens is 164 g/mol. The van der Waals surface area contributed by atoms with Crippen LogP contribution in [0.15, 0.2) is 0 Å². The maximum absolute atomic E-state index is 5.36. The number of piperazine rings is 1. The minimum Gasteiger partial charge on any atom is -0.378 e. The van der Waals surface area contributed by atoms with Crippen LogP contribution in [0.4, 0.5) is 0 Å². The van der Waals surface area contributed by atoms with Crippen LogP contribution in [0.5, 0.6) is 0 Å². The summed E-state index contributed by atoms with van der Waals surface area (Å²) in [5, 5.41) is 3.36. The van der Waals surface area contributed by atoms with Crippen LogP contribution in [0, 0.1) is 0 Å². The molecule has 2 rings (SSSR count). The number of rotatable bonds is 0. The van der Waals surface area contributed by atoms with E-state index in [0.29, 0.717) is 6.04 Å². The highest BCUT2D eigenvalue weighted by atomic mass is 35.5. The molecule has 1 unspecified atom stereocenters. The zero-order valence-electron chi connectivity index (χ0n) is 6.58. The second-order valence-corrected chi connectivity index (χ2v) is 2.97. The summed E-state index contributed by atoms with van der Waals surface area (Å²) in [5.74, 6) is 0. The van der Waals surface area contributed by atoms with Crippen molar-refractivity contribution in [3.8, 4) is 0 Å². The summed E-state index contributed by atoms with van der Waals surface area (Å²) >= 11 is 0. The molecule has 1 N–H and O–H groups in total. The van der Waals surface area contributed by atoms with Gasteiger partial charge in [0, 0.05) is 32.2 Å². The van der Waals surface area contributed by atoms with Crippen LogP contribution in [0.3, 0.4) is 0 Å². The van der Waals surface area contributed by atoms with Crippen molar-refractivity contribution in [2.75, 3.05) is 39.4 Å². The number of fused-ring (bicyclic) bond motifs is 1. The molecule has 0 saturated carbocycles.